The summed E-state index contributed by atoms with van der Waals surface area (Å²) >= 11 is 13.1. The molecule has 0 saturated carbocycles. The van der Waals surface area contributed by atoms with Crippen molar-refractivity contribution in [3.05, 3.63) is 0 Å². The average Bonchev–Trinajstić information content (AvgIpc) is 2.91. The maximum atomic E-state index is 3.28. The molecule has 0 heterocycles. The van der Waals surface area contributed by atoms with Crippen LogP contribution in [-0.4, -0.2) is 61.3 Å². The van der Waals surface area contributed by atoms with Gasteiger partial charge in [-0.3, -0.25) is 0 Å². The van der Waals surface area contributed by atoms with Crippen LogP contribution < -0.4 is 0 Å². The van der Waals surface area contributed by atoms with E-state index in [1.807, 2.05) is 0 Å². The zero-order valence-electron chi connectivity index (χ0n) is 27.7. The molecule has 0 aromatic heterocycles. The molecule has 39 heavy (non-hydrogen) atoms. The monoisotopic (exact) mass is 906 g/mol. The van der Waals surface area contributed by atoms with Crippen molar-refractivity contribution in [2.75, 3.05) is 52.4 Å². The van der Waals surface area contributed by atoms with Crippen molar-refractivity contribution < 1.29 is 16.4 Å². The Kier molecular flexibility index (Phi) is 37.6. The Morgan fingerprint density at radius 3 is 0.487 bits per heavy atom. The number of unbranched alkanes of at least 4 members (excludes halogenated alkanes) is 8. The summed E-state index contributed by atoms with van der Waals surface area (Å²) in [5.41, 5.74) is 0. The van der Waals surface area contributed by atoms with Gasteiger partial charge >= 0.3 is 61.2 Å². The second kappa shape index (κ2) is 31.9. The summed E-state index contributed by atoms with van der Waals surface area (Å²) in [5, 5.41) is 0. The van der Waals surface area contributed by atoms with Gasteiger partial charge in [-0.25, -0.2) is 0 Å². The number of hydrogen-bond acceptors (Lipinski definition) is 0. The molecule has 0 radical (unpaired) electrons. The fourth-order valence-corrected chi connectivity index (χ4v) is 5.29. The number of nitrogens with zero attached hydrogens (tertiary/aromatic N) is 2. The molecular formula is C32H72Br4N2Pd. The Morgan fingerprint density at radius 2 is 0.410 bits per heavy atom. The van der Waals surface area contributed by atoms with E-state index in [1.54, 1.807) is 0 Å². The van der Waals surface area contributed by atoms with Crippen LogP contribution in [-0.2, 0) is 7.47 Å². The van der Waals surface area contributed by atoms with Crippen LogP contribution in [0.15, 0.2) is 0 Å². The molecule has 0 atom stereocenters. The van der Waals surface area contributed by atoms with Crippen molar-refractivity contribution in [2.45, 2.75) is 158 Å². The summed E-state index contributed by atoms with van der Waals surface area (Å²) in [6.45, 7) is 30.0. The van der Waals surface area contributed by atoms with Gasteiger partial charge in [-0.2, -0.15) is 0 Å². The molecule has 0 aliphatic rings. The fraction of sp³-hybridized carbons (Fsp3) is 1.00. The molecule has 0 fully saturated rings. The van der Waals surface area contributed by atoms with Crippen LogP contribution in [0.1, 0.15) is 158 Å². The number of quaternary nitrogens is 2. The van der Waals surface area contributed by atoms with Gasteiger partial charge in [-0.1, -0.05) is 107 Å². The molecule has 0 rings (SSSR count). The van der Waals surface area contributed by atoms with E-state index < -0.39 is 7.47 Å². The number of rotatable bonds is 24. The van der Waals surface area contributed by atoms with Crippen molar-refractivity contribution in [3.63, 3.8) is 0 Å². The molecule has 0 aliphatic heterocycles. The van der Waals surface area contributed by atoms with Gasteiger partial charge in [-0.15, -0.1) is 0 Å². The molecule has 0 aliphatic carbocycles. The number of halogens is 4. The molecule has 0 saturated heterocycles. The average molecular weight is 911 g/mol. The summed E-state index contributed by atoms with van der Waals surface area (Å²) in [4.78, 5) is 0. The third kappa shape index (κ3) is 33.2. The molecule has 2 nitrogen and oxygen atoms in total. The van der Waals surface area contributed by atoms with Gasteiger partial charge < -0.3 is 8.97 Å². The Hall–Kier alpha value is 2.50. The first-order chi connectivity index (χ1) is 18.5. The minimum absolute atomic E-state index is 1.35. The third-order valence-electron chi connectivity index (χ3n) is 7.89. The zero-order valence-corrected chi connectivity index (χ0v) is 35.6. The quantitative estimate of drug-likeness (QED) is 0.0669. The normalized spacial score (nSPS) is 12.4. The minimum atomic E-state index is -1.45. The standard InChI is InChI=1S/2C16H36N.4BrH.Pd/c2*1-5-9-13-17(14-10-6-2,15-11-7-3)16-12-8-4;;;;;/h2*5-16H2,1-4H3;4*1H;/q2*+1;;;;;+2/p-4. The van der Waals surface area contributed by atoms with E-state index in [-0.39, 0.29) is 0 Å². The van der Waals surface area contributed by atoms with E-state index >= 15 is 0 Å². The van der Waals surface area contributed by atoms with Crippen LogP contribution >= 0.6 is 53.7 Å². The van der Waals surface area contributed by atoms with E-state index in [9.17, 15) is 0 Å². The van der Waals surface area contributed by atoms with Crippen LogP contribution in [0, 0.1) is 0 Å². The SMILES string of the molecule is CCCC[N+](CCCC)(CCCC)CCCC.CCCC[N+](CCCC)(CCCC)CCCC.[Br][Pd-2]([Br])([Br])[Br]. The molecule has 248 valence electrons. The molecule has 0 amide bonds. The summed E-state index contributed by atoms with van der Waals surface area (Å²) in [7, 11) is -1.45. The Balaban J connectivity index is -0.000000566. The first kappa shape index (κ1) is 45.9. The van der Waals surface area contributed by atoms with Crippen molar-refractivity contribution in [1.29, 1.82) is 0 Å². The molecule has 0 unspecified atom stereocenters. The second-order valence-electron chi connectivity index (χ2n) is 11.6. The van der Waals surface area contributed by atoms with Gasteiger partial charge in [0.25, 0.3) is 0 Å². The molecule has 0 spiro atoms. The van der Waals surface area contributed by atoms with Gasteiger partial charge in [0.05, 0.1) is 52.4 Å². The van der Waals surface area contributed by atoms with Gasteiger partial charge in [0.1, 0.15) is 0 Å². The molecule has 0 aromatic rings. The van der Waals surface area contributed by atoms with E-state index in [1.165, 1.54) is 164 Å². The van der Waals surface area contributed by atoms with E-state index in [2.05, 4.69) is 109 Å². The second-order valence-corrected chi connectivity index (χ2v) is 54.6. The van der Waals surface area contributed by atoms with Crippen LogP contribution in [0.25, 0.3) is 0 Å². The fourth-order valence-electron chi connectivity index (χ4n) is 5.29. The van der Waals surface area contributed by atoms with Gasteiger partial charge in [0.15, 0.2) is 0 Å². The zero-order chi connectivity index (χ0) is 30.5. The van der Waals surface area contributed by atoms with Crippen molar-refractivity contribution in [3.8, 4) is 0 Å². The Bertz CT molecular complexity index is 359. The van der Waals surface area contributed by atoms with Crippen LogP contribution in [0.2, 0.25) is 0 Å². The summed E-state index contributed by atoms with van der Waals surface area (Å²) in [5.74, 6) is 0. The van der Waals surface area contributed by atoms with E-state index in [4.69, 9.17) is 0 Å². The van der Waals surface area contributed by atoms with Gasteiger partial charge in [0, 0.05) is 0 Å². The van der Waals surface area contributed by atoms with Gasteiger partial charge in [-0.05, 0) is 51.4 Å². The number of hydrogen-bond donors (Lipinski definition) is 0. The predicted molar refractivity (Wildman–Crippen MR) is 194 cm³/mol. The Labute approximate surface area is 278 Å². The van der Waals surface area contributed by atoms with E-state index in [0.717, 1.165) is 0 Å². The van der Waals surface area contributed by atoms with Crippen LogP contribution in [0.4, 0.5) is 0 Å². The van der Waals surface area contributed by atoms with Crippen LogP contribution in [0.5, 0.6) is 0 Å². The maximum absolute atomic E-state index is 3.28. The van der Waals surface area contributed by atoms with Crippen LogP contribution in [0.3, 0.4) is 0 Å². The molecule has 0 N–H and O–H groups in total. The topological polar surface area (TPSA) is 0 Å². The summed E-state index contributed by atoms with van der Waals surface area (Å²) < 4.78 is 2.84. The first-order valence-corrected chi connectivity index (χ1v) is 30.9. The molecule has 0 aromatic carbocycles. The first-order valence-electron chi connectivity index (χ1n) is 16.7. The van der Waals surface area contributed by atoms with Crippen molar-refractivity contribution in [1.82, 2.24) is 0 Å². The Morgan fingerprint density at radius 1 is 0.308 bits per heavy atom. The van der Waals surface area contributed by atoms with Crippen molar-refractivity contribution in [2.24, 2.45) is 0 Å². The third-order valence-corrected chi connectivity index (χ3v) is 7.89. The summed E-state index contributed by atoms with van der Waals surface area (Å²) in [6, 6.07) is 0. The predicted octanol–water partition coefficient (Wildman–Crippen LogP) is 13.4. The van der Waals surface area contributed by atoms with Crippen molar-refractivity contribution >= 4 is 53.7 Å². The van der Waals surface area contributed by atoms with E-state index in [0.29, 0.717) is 0 Å². The molecular weight excluding hydrogens is 838 g/mol. The molecule has 7 heteroatoms. The summed E-state index contributed by atoms with van der Waals surface area (Å²) in [6.07, 6.45) is 22.1. The van der Waals surface area contributed by atoms with Gasteiger partial charge in [0.2, 0.25) is 0 Å². The molecule has 0 bridgehead atoms.